The zero-order chi connectivity index (χ0) is 18.8. The van der Waals surface area contributed by atoms with Gasteiger partial charge in [-0.1, -0.05) is 12.1 Å². The van der Waals surface area contributed by atoms with E-state index in [0.717, 1.165) is 49.4 Å². The number of nitrogens with one attached hydrogen (secondary N) is 1. The van der Waals surface area contributed by atoms with E-state index >= 15 is 0 Å². The zero-order valence-electron chi connectivity index (χ0n) is 16.0. The highest BCUT2D eigenvalue weighted by Crippen LogP contribution is 2.33. The molecule has 0 spiro atoms. The van der Waals surface area contributed by atoms with Gasteiger partial charge in [-0.15, -0.1) is 0 Å². The fourth-order valence-electron chi connectivity index (χ4n) is 4.10. The van der Waals surface area contributed by atoms with Gasteiger partial charge in [0.1, 0.15) is 0 Å². The summed E-state index contributed by atoms with van der Waals surface area (Å²) in [7, 11) is 3.29. The summed E-state index contributed by atoms with van der Waals surface area (Å²) in [6.07, 6.45) is 1.96. The molecule has 0 radical (unpaired) electrons. The van der Waals surface area contributed by atoms with E-state index in [1.165, 1.54) is 11.1 Å². The van der Waals surface area contributed by atoms with Crippen LogP contribution in [0.2, 0.25) is 0 Å². The van der Waals surface area contributed by atoms with E-state index in [1.807, 2.05) is 29.2 Å². The molecule has 1 saturated heterocycles. The monoisotopic (exact) mass is 366 g/mol. The number of ether oxygens (including phenoxy) is 2. The van der Waals surface area contributed by atoms with Gasteiger partial charge in [-0.25, -0.2) is 0 Å². The van der Waals surface area contributed by atoms with E-state index in [0.29, 0.717) is 18.2 Å². The molecule has 2 aliphatic rings. The summed E-state index contributed by atoms with van der Waals surface area (Å²) in [5.74, 6) is 2.06. The molecule has 142 valence electrons. The highest BCUT2D eigenvalue weighted by atomic mass is 16.5. The zero-order valence-corrected chi connectivity index (χ0v) is 16.0. The SMILES string of the molecule is COc1cc2c(cc1OC)CN(C(=O)c1cccc(C3CCNC3)c1)CC2. The molecule has 1 atom stereocenters. The van der Waals surface area contributed by atoms with Crippen molar-refractivity contribution in [3.05, 3.63) is 58.7 Å². The second-order valence-electron chi connectivity index (χ2n) is 7.27. The lowest BCUT2D eigenvalue weighted by molar-refractivity contribution is 0.0734. The third kappa shape index (κ3) is 3.52. The molecule has 5 nitrogen and oxygen atoms in total. The normalized spacial score (nSPS) is 18.9. The van der Waals surface area contributed by atoms with Crippen molar-refractivity contribution in [2.75, 3.05) is 33.9 Å². The predicted octanol–water partition coefficient (Wildman–Crippen LogP) is 2.98. The predicted molar refractivity (Wildman–Crippen MR) is 105 cm³/mol. The van der Waals surface area contributed by atoms with Gasteiger partial charge in [-0.3, -0.25) is 4.79 Å². The number of fused-ring (bicyclic) bond motifs is 1. The van der Waals surface area contributed by atoms with Crippen LogP contribution in [-0.4, -0.2) is 44.7 Å². The van der Waals surface area contributed by atoms with Crippen LogP contribution in [0.25, 0.3) is 0 Å². The summed E-state index contributed by atoms with van der Waals surface area (Å²) in [4.78, 5) is 15.0. The van der Waals surface area contributed by atoms with Gasteiger partial charge < -0.3 is 19.7 Å². The Labute approximate surface area is 160 Å². The molecule has 1 fully saturated rings. The smallest absolute Gasteiger partial charge is 0.254 e. The minimum atomic E-state index is 0.100. The van der Waals surface area contributed by atoms with Crippen molar-refractivity contribution in [2.45, 2.75) is 25.3 Å². The molecule has 1 amide bonds. The number of hydrogen-bond acceptors (Lipinski definition) is 4. The quantitative estimate of drug-likeness (QED) is 0.904. The van der Waals surface area contributed by atoms with Crippen LogP contribution < -0.4 is 14.8 Å². The summed E-state index contributed by atoms with van der Waals surface area (Å²) >= 11 is 0. The van der Waals surface area contributed by atoms with Crippen LogP contribution in [-0.2, 0) is 13.0 Å². The van der Waals surface area contributed by atoms with Gasteiger partial charge in [-0.05, 0) is 66.3 Å². The molecule has 2 aromatic rings. The topological polar surface area (TPSA) is 50.8 Å². The number of nitrogens with zero attached hydrogens (tertiary/aromatic N) is 1. The van der Waals surface area contributed by atoms with Crippen molar-refractivity contribution in [2.24, 2.45) is 0 Å². The second-order valence-corrected chi connectivity index (χ2v) is 7.27. The lowest BCUT2D eigenvalue weighted by Crippen LogP contribution is -2.36. The number of benzene rings is 2. The van der Waals surface area contributed by atoms with E-state index in [2.05, 4.69) is 17.4 Å². The number of rotatable bonds is 4. The summed E-state index contributed by atoms with van der Waals surface area (Å²) in [5, 5.41) is 3.40. The van der Waals surface area contributed by atoms with E-state index in [1.54, 1.807) is 14.2 Å². The standard InChI is InChI=1S/C22H26N2O3/c1-26-20-11-16-7-9-24(14-19(16)12-21(20)27-2)22(25)17-5-3-4-15(10-17)18-6-8-23-13-18/h3-5,10-12,18,23H,6-9,13-14H2,1-2H3. The lowest BCUT2D eigenvalue weighted by Gasteiger charge is -2.30. The average molecular weight is 366 g/mol. The minimum absolute atomic E-state index is 0.100. The summed E-state index contributed by atoms with van der Waals surface area (Å²) in [6.45, 7) is 3.37. The Bertz CT molecular complexity index is 843. The first-order valence-corrected chi connectivity index (χ1v) is 9.53. The largest absolute Gasteiger partial charge is 0.493 e. The van der Waals surface area contributed by atoms with Gasteiger partial charge in [0.25, 0.3) is 5.91 Å². The lowest BCUT2D eigenvalue weighted by atomic mass is 9.95. The van der Waals surface area contributed by atoms with E-state index in [-0.39, 0.29) is 5.91 Å². The maximum atomic E-state index is 13.1. The third-order valence-corrected chi connectivity index (χ3v) is 5.67. The van der Waals surface area contributed by atoms with Gasteiger partial charge in [0.15, 0.2) is 11.5 Å². The minimum Gasteiger partial charge on any atom is -0.493 e. The fraction of sp³-hybridized carbons (Fsp3) is 0.409. The van der Waals surface area contributed by atoms with E-state index in [4.69, 9.17) is 9.47 Å². The van der Waals surface area contributed by atoms with Crippen LogP contribution in [0.15, 0.2) is 36.4 Å². The molecule has 2 heterocycles. The highest BCUT2D eigenvalue weighted by Gasteiger charge is 2.25. The number of amides is 1. The summed E-state index contributed by atoms with van der Waals surface area (Å²) in [5.41, 5.74) is 4.39. The molecular weight excluding hydrogens is 340 g/mol. The van der Waals surface area contributed by atoms with Gasteiger partial charge in [0.2, 0.25) is 0 Å². The van der Waals surface area contributed by atoms with Crippen molar-refractivity contribution < 1.29 is 14.3 Å². The molecule has 2 aromatic carbocycles. The first-order chi connectivity index (χ1) is 13.2. The van der Waals surface area contributed by atoms with Crippen molar-refractivity contribution >= 4 is 5.91 Å². The molecule has 0 aliphatic carbocycles. The first-order valence-electron chi connectivity index (χ1n) is 9.53. The Balaban J connectivity index is 1.55. The Kier molecular flexibility index (Phi) is 5.03. The van der Waals surface area contributed by atoms with Crippen LogP contribution in [0.1, 0.15) is 39.4 Å². The van der Waals surface area contributed by atoms with Gasteiger partial charge in [0, 0.05) is 25.2 Å². The molecule has 0 aromatic heterocycles. The summed E-state index contributed by atoms with van der Waals surface area (Å²) < 4.78 is 10.8. The van der Waals surface area contributed by atoms with Crippen LogP contribution in [0.5, 0.6) is 11.5 Å². The van der Waals surface area contributed by atoms with E-state index in [9.17, 15) is 4.79 Å². The number of carbonyl (C=O) groups is 1. The van der Waals surface area contributed by atoms with Crippen molar-refractivity contribution in [3.63, 3.8) is 0 Å². The van der Waals surface area contributed by atoms with Crippen LogP contribution >= 0.6 is 0 Å². The van der Waals surface area contributed by atoms with Gasteiger partial charge >= 0.3 is 0 Å². The maximum absolute atomic E-state index is 13.1. The Hall–Kier alpha value is -2.53. The molecule has 2 aliphatic heterocycles. The van der Waals surface area contributed by atoms with E-state index < -0.39 is 0 Å². The third-order valence-electron chi connectivity index (χ3n) is 5.67. The van der Waals surface area contributed by atoms with Gasteiger partial charge in [-0.2, -0.15) is 0 Å². The summed E-state index contributed by atoms with van der Waals surface area (Å²) in [6, 6.07) is 12.2. The van der Waals surface area contributed by atoms with Crippen LogP contribution in [0.4, 0.5) is 0 Å². The second kappa shape index (κ2) is 7.61. The van der Waals surface area contributed by atoms with Crippen LogP contribution in [0.3, 0.4) is 0 Å². The van der Waals surface area contributed by atoms with Crippen LogP contribution in [0, 0.1) is 0 Å². The molecule has 0 saturated carbocycles. The Morgan fingerprint density at radius 2 is 1.89 bits per heavy atom. The van der Waals surface area contributed by atoms with Gasteiger partial charge in [0.05, 0.1) is 14.2 Å². The molecule has 0 bridgehead atoms. The Morgan fingerprint density at radius 3 is 2.59 bits per heavy atom. The van der Waals surface area contributed by atoms with Crippen molar-refractivity contribution in [3.8, 4) is 11.5 Å². The average Bonchev–Trinajstić information content (AvgIpc) is 3.26. The molecule has 1 unspecified atom stereocenters. The fourth-order valence-corrected chi connectivity index (χ4v) is 4.10. The van der Waals surface area contributed by atoms with Crippen molar-refractivity contribution in [1.29, 1.82) is 0 Å². The first kappa shape index (κ1) is 17.9. The Morgan fingerprint density at radius 1 is 1.11 bits per heavy atom. The molecule has 27 heavy (non-hydrogen) atoms. The molecule has 4 rings (SSSR count). The number of methoxy groups -OCH3 is 2. The number of hydrogen-bond donors (Lipinski definition) is 1. The maximum Gasteiger partial charge on any atom is 0.254 e. The molecular formula is C22H26N2O3. The van der Waals surface area contributed by atoms with Crippen molar-refractivity contribution in [1.82, 2.24) is 10.2 Å². The molecule has 5 heteroatoms. The number of carbonyl (C=O) groups excluding carboxylic acids is 1. The highest BCUT2D eigenvalue weighted by molar-refractivity contribution is 5.94. The molecule has 1 N–H and O–H groups in total.